The van der Waals surface area contributed by atoms with E-state index in [0.29, 0.717) is 0 Å². The van der Waals surface area contributed by atoms with Crippen LogP contribution < -0.4 is 41.3 Å². The van der Waals surface area contributed by atoms with Gasteiger partial charge in [-0.05, 0) is 108 Å². The van der Waals surface area contributed by atoms with Crippen LogP contribution in [-0.4, -0.2) is 14.2 Å². The third kappa shape index (κ3) is 15.4. The summed E-state index contributed by atoms with van der Waals surface area (Å²) in [4.78, 5) is 0. The minimum absolute atomic E-state index is 0.895. The maximum atomic E-state index is 9.83. The second-order valence-electron chi connectivity index (χ2n) is 14.3. The van der Waals surface area contributed by atoms with Crippen molar-refractivity contribution in [2.24, 2.45) is 0 Å². The molecule has 0 saturated heterocycles. The van der Waals surface area contributed by atoms with Gasteiger partial charge in [0, 0.05) is 0 Å². The predicted octanol–water partition coefficient (Wildman–Crippen LogP) is 13.7. The number of hydrogen-bond acceptors (Lipinski definition) is 2. The fourth-order valence-electron chi connectivity index (χ4n) is 7.55. The average molecular weight is 1030 g/mol. The summed E-state index contributed by atoms with van der Waals surface area (Å²) in [6.07, 6.45) is 1.96. The zero-order valence-electron chi connectivity index (χ0n) is 35.8. The molecule has 0 fully saturated rings. The molecule has 2 nitrogen and oxygen atoms in total. The molecule has 0 bridgehead atoms. The van der Waals surface area contributed by atoms with Gasteiger partial charge in [-0.1, -0.05) is 133 Å². The van der Waals surface area contributed by atoms with Gasteiger partial charge >= 0.3 is 57.7 Å². The van der Waals surface area contributed by atoms with Crippen LogP contribution in [0.5, 0.6) is 11.5 Å². The van der Waals surface area contributed by atoms with E-state index in [-0.39, 0.29) is 0 Å². The van der Waals surface area contributed by atoms with Crippen molar-refractivity contribution in [1.29, 1.82) is 0 Å². The Kier molecular flexibility index (Phi) is 19.6. The first-order chi connectivity index (χ1) is 31.7. The van der Waals surface area contributed by atoms with E-state index in [2.05, 4.69) is 231 Å². The first kappa shape index (κ1) is 51.7. The molecule has 66 heavy (non-hydrogen) atoms. The van der Waals surface area contributed by atoms with Gasteiger partial charge in [0.15, 0.2) is 0 Å². The molecule has 0 aliphatic heterocycles. The molecule has 348 valence electrons. The molecule has 8 rings (SSSR count). The van der Waals surface area contributed by atoms with Crippen LogP contribution in [0.2, 0.25) is 0 Å². The molecule has 0 amide bonds. The number of hydrogen-bond donors (Lipinski definition) is 0. The van der Waals surface area contributed by atoms with Crippen molar-refractivity contribution in [2.45, 2.75) is 12.3 Å². The molecular weight excluding hydrogens is 980 g/mol. The van der Waals surface area contributed by atoms with E-state index in [1.165, 1.54) is 43.0 Å². The van der Waals surface area contributed by atoms with Crippen molar-refractivity contribution in [1.82, 2.24) is 0 Å². The molecule has 14 heteroatoms. The van der Waals surface area contributed by atoms with Gasteiger partial charge in [-0.15, -0.1) is 0 Å². The standard InChI is InChI=1S/2C26H24OP.8FH.2Mn/c2*1-27-23-19-17-22(18-20-23)21-28(24-11-5-2-6-12-24,25-13-7-3-8-14-25)26-15-9-4-10-16-26;;;;;;;;;;/h2*2-20H,21H2,1H3;8*1H;;/q2*+1;;;;;;;;;2*+3/p-8. The van der Waals surface area contributed by atoms with Crippen LogP contribution in [0.3, 0.4) is 0 Å². The Balaban J connectivity index is 0.000000206. The SMILES string of the molecule is COc1ccc(C[P+](c2ccccc2)(c2ccccc2)c2ccccc2)cc1.COc1ccc(C[P+](c2ccccc2)(c2ccccc2)c2ccccc2)cc1.[F][Mn-]([F])([F])[F].[F][Mn-]([F])([F])[F]. The predicted molar refractivity (Wildman–Crippen MR) is 253 cm³/mol. The van der Waals surface area contributed by atoms with E-state index in [1.807, 2.05) is 0 Å². The first-order valence-electron chi connectivity index (χ1n) is 20.2. The number of rotatable bonds is 12. The fraction of sp³-hybridized carbons (Fsp3) is 0.0769. The number of benzene rings is 8. The summed E-state index contributed by atoms with van der Waals surface area (Å²) in [5, 5.41) is 8.43. The monoisotopic (exact) mass is 1030 g/mol. The molecule has 0 unspecified atom stereocenters. The van der Waals surface area contributed by atoms with Gasteiger partial charge in [-0.3, -0.25) is 0 Å². The van der Waals surface area contributed by atoms with E-state index in [1.54, 1.807) is 14.2 Å². The Bertz CT molecular complexity index is 2190. The zero-order valence-corrected chi connectivity index (χ0v) is 40.0. The Morgan fingerprint density at radius 1 is 0.288 bits per heavy atom. The summed E-state index contributed by atoms with van der Waals surface area (Å²) in [7, 11) is -0.254. The van der Waals surface area contributed by atoms with Crippen LogP contribution in [-0.2, 0) is 41.6 Å². The average Bonchev–Trinajstić information content (AvgIpc) is 3.34. The van der Waals surface area contributed by atoms with Gasteiger partial charge in [-0.25, -0.2) is 0 Å². The van der Waals surface area contributed by atoms with E-state index in [4.69, 9.17) is 9.47 Å². The van der Waals surface area contributed by atoms with Crippen LogP contribution in [0.1, 0.15) is 11.1 Å². The molecule has 0 radical (unpaired) electrons. The molecule has 0 saturated carbocycles. The van der Waals surface area contributed by atoms with Crippen molar-refractivity contribution in [3.05, 3.63) is 242 Å². The van der Waals surface area contributed by atoms with Crippen molar-refractivity contribution < 1.29 is 67.2 Å². The maximum absolute atomic E-state index is 9.83. The second kappa shape index (κ2) is 25.0. The molecule has 0 aliphatic carbocycles. The topological polar surface area (TPSA) is 18.5 Å². The van der Waals surface area contributed by atoms with Crippen molar-refractivity contribution in [3.8, 4) is 11.5 Å². The number of methoxy groups -OCH3 is 2. The second-order valence-corrected chi connectivity index (χ2v) is 23.3. The molecule has 8 aromatic carbocycles. The van der Waals surface area contributed by atoms with Gasteiger partial charge in [0.05, 0.1) is 26.5 Å². The first-order valence-corrected chi connectivity index (χ1v) is 27.7. The molecule has 0 N–H and O–H groups in total. The molecule has 0 aromatic heterocycles. The molecular formula is C52H48F8Mn2O2P2. The molecule has 0 spiro atoms. The van der Waals surface area contributed by atoms with E-state index in [9.17, 15) is 28.4 Å². The van der Waals surface area contributed by atoms with E-state index < -0.39 is 43.8 Å². The Labute approximate surface area is 391 Å². The Morgan fingerprint density at radius 3 is 0.606 bits per heavy atom. The summed E-state index contributed by atoms with van der Waals surface area (Å²) < 4.78 is 89.3. The molecule has 0 aliphatic rings. The summed E-state index contributed by atoms with van der Waals surface area (Å²) in [6.45, 7) is 0. The van der Waals surface area contributed by atoms with Gasteiger partial charge in [0.2, 0.25) is 0 Å². The van der Waals surface area contributed by atoms with E-state index in [0.717, 1.165) is 23.8 Å². The van der Waals surface area contributed by atoms with Gasteiger partial charge < -0.3 is 9.47 Å². The van der Waals surface area contributed by atoms with Crippen molar-refractivity contribution >= 4 is 46.4 Å². The third-order valence-electron chi connectivity index (χ3n) is 10.3. The summed E-state index contributed by atoms with van der Waals surface area (Å²) in [5.74, 6) is 1.79. The van der Waals surface area contributed by atoms with Crippen LogP contribution in [0, 0.1) is 0 Å². The van der Waals surface area contributed by atoms with Crippen LogP contribution >= 0.6 is 14.5 Å². The van der Waals surface area contributed by atoms with Gasteiger partial charge in [0.25, 0.3) is 0 Å². The Hall–Kier alpha value is -5.30. The summed E-state index contributed by atoms with van der Waals surface area (Å²) in [6, 6.07) is 83.0. The molecule has 0 atom stereocenters. The summed E-state index contributed by atoms with van der Waals surface area (Å²) >= 11 is -13.2. The quantitative estimate of drug-likeness (QED) is 0.0690. The zero-order chi connectivity index (χ0) is 47.5. The normalized spacial score (nSPS) is 11.8. The van der Waals surface area contributed by atoms with Crippen molar-refractivity contribution in [2.75, 3.05) is 14.2 Å². The summed E-state index contributed by atoms with van der Waals surface area (Å²) in [5.41, 5.74) is 2.65. The van der Waals surface area contributed by atoms with E-state index >= 15 is 0 Å². The van der Waals surface area contributed by atoms with Crippen LogP contribution in [0.15, 0.2) is 231 Å². The van der Waals surface area contributed by atoms with Gasteiger partial charge in [0.1, 0.15) is 57.9 Å². The Morgan fingerprint density at radius 2 is 0.455 bits per heavy atom. The third-order valence-corrected chi connectivity index (χ3v) is 19.1. The van der Waals surface area contributed by atoms with Crippen LogP contribution in [0.4, 0.5) is 28.4 Å². The van der Waals surface area contributed by atoms with Gasteiger partial charge in [-0.2, -0.15) is 0 Å². The molecule has 0 heterocycles. The molecule has 8 aromatic rings. The fourth-order valence-corrected chi connectivity index (χ4v) is 16.0. The minimum atomic E-state index is -6.62. The van der Waals surface area contributed by atoms with Crippen molar-refractivity contribution in [3.63, 3.8) is 0 Å². The van der Waals surface area contributed by atoms with Crippen LogP contribution in [0.25, 0.3) is 0 Å². The number of ether oxygens (including phenoxy) is 2. The number of halogens is 8.